The molecular weight excluding hydrogens is 448 g/mol. The molecule has 3 rings (SSSR count). The molecule has 0 spiro atoms. The topological polar surface area (TPSA) is 108 Å². The lowest BCUT2D eigenvalue weighted by atomic mass is 9.99. The molecule has 0 amide bonds. The van der Waals surface area contributed by atoms with E-state index in [9.17, 15) is 19.5 Å². The molecule has 1 aliphatic heterocycles. The minimum Gasteiger partial charge on any atom is -0.459 e. The van der Waals surface area contributed by atoms with E-state index in [2.05, 4.69) is 0 Å². The van der Waals surface area contributed by atoms with Gasteiger partial charge >= 0.3 is 17.9 Å². The monoisotopic (exact) mass is 474 g/mol. The molecule has 8 nitrogen and oxygen atoms in total. The Morgan fingerprint density at radius 1 is 0.909 bits per heavy atom. The van der Waals surface area contributed by atoms with E-state index in [1.807, 2.05) is 6.92 Å². The molecule has 0 aliphatic carbocycles. The van der Waals surface area contributed by atoms with Gasteiger partial charge in [0, 0.05) is 6.92 Å². The molecule has 0 saturated carbocycles. The van der Waals surface area contributed by atoms with Crippen molar-refractivity contribution in [2.75, 3.05) is 12.4 Å². The number of carbonyl (C=O) groups is 3. The second-order valence-electron chi connectivity index (χ2n) is 7.26. The molecule has 5 atom stereocenters. The third-order valence-corrected chi connectivity index (χ3v) is 5.93. The van der Waals surface area contributed by atoms with Gasteiger partial charge in [0.2, 0.25) is 0 Å². The van der Waals surface area contributed by atoms with Crippen molar-refractivity contribution in [3.8, 4) is 0 Å². The molecule has 1 aliphatic rings. The number of carbonyl (C=O) groups excluding carboxylic acids is 3. The van der Waals surface area contributed by atoms with E-state index in [0.717, 1.165) is 0 Å². The van der Waals surface area contributed by atoms with Crippen LogP contribution in [0.2, 0.25) is 0 Å². The Hall–Kier alpha value is -2.88. The SMILES string of the molecule is CCSC1OC(COC(=O)c2ccccc2)C(OC(C)=O)C(O)C1OC(=O)c1ccccc1. The van der Waals surface area contributed by atoms with Crippen LogP contribution in [0.15, 0.2) is 60.7 Å². The van der Waals surface area contributed by atoms with Crippen LogP contribution in [0.5, 0.6) is 0 Å². The minimum absolute atomic E-state index is 0.261. The van der Waals surface area contributed by atoms with Crippen LogP contribution in [0.25, 0.3) is 0 Å². The molecule has 176 valence electrons. The lowest BCUT2D eigenvalue weighted by Crippen LogP contribution is -2.60. The second kappa shape index (κ2) is 11.8. The Labute approximate surface area is 196 Å². The number of hydrogen-bond donors (Lipinski definition) is 1. The number of thioether (sulfide) groups is 1. The number of esters is 3. The van der Waals surface area contributed by atoms with Crippen molar-refractivity contribution in [3.05, 3.63) is 71.8 Å². The molecule has 1 N–H and O–H groups in total. The van der Waals surface area contributed by atoms with Crippen molar-refractivity contribution in [3.63, 3.8) is 0 Å². The van der Waals surface area contributed by atoms with Gasteiger partial charge in [-0.15, -0.1) is 11.8 Å². The molecule has 0 radical (unpaired) electrons. The zero-order valence-corrected chi connectivity index (χ0v) is 19.1. The fraction of sp³-hybridized carbons (Fsp3) is 0.375. The molecular formula is C24H26O8S. The van der Waals surface area contributed by atoms with E-state index in [1.54, 1.807) is 60.7 Å². The van der Waals surface area contributed by atoms with Gasteiger partial charge in [-0.2, -0.15) is 0 Å². The summed E-state index contributed by atoms with van der Waals surface area (Å²) >= 11 is 1.32. The Morgan fingerprint density at radius 2 is 1.48 bits per heavy atom. The van der Waals surface area contributed by atoms with Gasteiger partial charge in [0.25, 0.3) is 0 Å². The minimum atomic E-state index is -1.39. The quantitative estimate of drug-likeness (QED) is 0.456. The van der Waals surface area contributed by atoms with E-state index in [1.165, 1.54) is 18.7 Å². The maximum Gasteiger partial charge on any atom is 0.338 e. The highest BCUT2D eigenvalue weighted by Crippen LogP contribution is 2.33. The van der Waals surface area contributed by atoms with Gasteiger partial charge < -0.3 is 24.1 Å². The predicted octanol–water partition coefficient (Wildman–Crippen LogP) is 2.84. The molecule has 2 aromatic rings. The maximum atomic E-state index is 12.6. The third kappa shape index (κ3) is 6.56. The summed E-state index contributed by atoms with van der Waals surface area (Å²) in [5, 5.41) is 11.0. The fourth-order valence-corrected chi connectivity index (χ4v) is 4.33. The van der Waals surface area contributed by atoms with Gasteiger partial charge in [0.15, 0.2) is 12.2 Å². The molecule has 33 heavy (non-hydrogen) atoms. The van der Waals surface area contributed by atoms with E-state index < -0.39 is 47.8 Å². The van der Waals surface area contributed by atoms with Gasteiger partial charge in [-0.05, 0) is 30.0 Å². The second-order valence-corrected chi connectivity index (χ2v) is 8.64. The maximum absolute atomic E-state index is 12.6. The van der Waals surface area contributed by atoms with Crippen LogP contribution in [0.1, 0.15) is 34.6 Å². The van der Waals surface area contributed by atoms with E-state index in [4.69, 9.17) is 18.9 Å². The highest BCUT2D eigenvalue weighted by molar-refractivity contribution is 7.99. The van der Waals surface area contributed by atoms with Crippen LogP contribution in [-0.4, -0.2) is 65.2 Å². The number of benzene rings is 2. The van der Waals surface area contributed by atoms with Crippen LogP contribution < -0.4 is 0 Å². The first-order valence-corrected chi connectivity index (χ1v) is 11.6. The summed E-state index contributed by atoms with van der Waals surface area (Å²) in [4.78, 5) is 36.7. The number of aliphatic hydroxyl groups is 1. The highest BCUT2D eigenvalue weighted by atomic mass is 32.2. The largest absolute Gasteiger partial charge is 0.459 e. The van der Waals surface area contributed by atoms with Crippen molar-refractivity contribution < 1.29 is 38.4 Å². The highest BCUT2D eigenvalue weighted by Gasteiger charge is 2.49. The summed E-state index contributed by atoms with van der Waals surface area (Å²) in [6, 6.07) is 16.8. The third-order valence-electron chi connectivity index (χ3n) is 4.89. The average Bonchev–Trinajstić information content (AvgIpc) is 2.82. The van der Waals surface area contributed by atoms with Crippen molar-refractivity contribution in [2.24, 2.45) is 0 Å². The van der Waals surface area contributed by atoms with Crippen molar-refractivity contribution >= 4 is 29.7 Å². The number of hydrogen-bond acceptors (Lipinski definition) is 9. The molecule has 1 fully saturated rings. The Balaban J connectivity index is 1.76. The zero-order valence-electron chi connectivity index (χ0n) is 18.3. The first kappa shape index (κ1) is 24.8. The zero-order chi connectivity index (χ0) is 23.8. The molecule has 2 aromatic carbocycles. The molecule has 0 aromatic heterocycles. The molecule has 1 heterocycles. The summed E-state index contributed by atoms with van der Waals surface area (Å²) in [5.74, 6) is -1.27. The molecule has 1 saturated heterocycles. The first-order chi connectivity index (χ1) is 15.9. The van der Waals surface area contributed by atoms with Crippen molar-refractivity contribution in [1.82, 2.24) is 0 Å². The van der Waals surface area contributed by atoms with Crippen LogP contribution in [-0.2, 0) is 23.7 Å². The first-order valence-electron chi connectivity index (χ1n) is 10.5. The lowest BCUT2D eigenvalue weighted by molar-refractivity contribution is -0.220. The summed E-state index contributed by atoms with van der Waals surface area (Å²) in [6.45, 7) is 2.82. The number of rotatable bonds is 8. The summed E-state index contributed by atoms with van der Waals surface area (Å²) in [5.41, 5.74) is -0.0927. The van der Waals surface area contributed by atoms with Crippen LogP contribution in [0.3, 0.4) is 0 Å². The van der Waals surface area contributed by atoms with Gasteiger partial charge in [0.05, 0.1) is 11.1 Å². The molecule has 0 bridgehead atoms. The van der Waals surface area contributed by atoms with E-state index in [0.29, 0.717) is 16.9 Å². The average molecular weight is 475 g/mol. The lowest BCUT2D eigenvalue weighted by Gasteiger charge is -2.42. The standard InChI is InChI=1S/C24H26O8S/c1-3-33-24-21(32-23(28)17-12-8-5-9-13-17)19(26)20(30-15(2)25)18(31-24)14-29-22(27)16-10-6-4-7-11-16/h4-13,18-21,24,26H,3,14H2,1-2H3. The number of ether oxygens (including phenoxy) is 4. The Bertz CT molecular complexity index is 934. The summed E-state index contributed by atoms with van der Waals surface area (Å²) in [6.07, 6.45) is -4.64. The fourth-order valence-electron chi connectivity index (χ4n) is 3.37. The number of aliphatic hydroxyl groups excluding tert-OH is 1. The predicted molar refractivity (Wildman–Crippen MR) is 121 cm³/mol. The molecule has 5 unspecified atom stereocenters. The summed E-state index contributed by atoms with van der Waals surface area (Å²) in [7, 11) is 0. The summed E-state index contributed by atoms with van der Waals surface area (Å²) < 4.78 is 22.2. The smallest absolute Gasteiger partial charge is 0.338 e. The normalized spacial score (nSPS) is 24.5. The van der Waals surface area contributed by atoms with Gasteiger partial charge in [0.1, 0.15) is 24.3 Å². The van der Waals surface area contributed by atoms with Gasteiger partial charge in [-0.1, -0.05) is 43.3 Å². The van der Waals surface area contributed by atoms with E-state index >= 15 is 0 Å². The Morgan fingerprint density at radius 3 is 2.03 bits per heavy atom. The van der Waals surface area contributed by atoms with Crippen molar-refractivity contribution in [2.45, 2.75) is 43.7 Å². The molecule has 9 heteroatoms. The van der Waals surface area contributed by atoms with Gasteiger partial charge in [-0.3, -0.25) is 4.79 Å². The van der Waals surface area contributed by atoms with Crippen LogP contribution in [0.4, 0.5) is 0 Å². The van der Waals surface area contributed by atoms with Crippen LogP contribution >= 0.6 is 11.8 Å². The van der Waals surface area contributed by atoms with E-state index in [-0.39, 0.29) is 6.61 Å². The Kier molecular flexibility index (Phi) is 8.87. The van der Waals surface area contributed by atoms with Crippen LogP contribution in [0, 0.1) is 0 Å². The van der Waals surface area contributed by atoms with Gasteiger partial charge in [-0.25, -0.2) is 9.59 Å². The van der Waals surface area contributed by atoms with Crippen molar-refractivity contribution in [1.29, 1.82) is 0 Å².